The van der Waals surface area contributed by atoms with E-state index >= 15 is 0 Å². The second-order valence-corrected chi connectivity index (χ2v) is 5.41. The summed E-state index contributed by atoms with van der Waals surface area (Å²) in [6, 6.07) is 6.23. The lowest BCUT2D eigenvalue weighted by atomic mass is 10.1. The number of benzene rings is 1. The summed E-state index contributed by atoms with van der Waals surface area (Å²) < 4.78 is 0. The number of rotatable bonds is 8. The smallest absolute Gasteiger partial charge is 0.272 e. The monoisotopic (exact) mass is 277 g/mol. The van der Waals surface area contributed by atoms with Crippen LogP contribution in [0.4, 0.5) is 5.69 Å². The van der Waals surface area contributed by atoms with Gasteiger partial charge in [0.1, 0.15) is 0 Å². The van der Waals surface area contributed by atoms with Gasteiger partial charge in [-0.1, -0.05) is 19.1 Å². The van der Waals surface area contributed by atoms with Gasteiger partial charge < -0.3 is 5.32 Å². The Kier molecular flexibility index (Phi) is 5.09. The van der Waals surface area contributed by atoms with Crippen LogP contribution in [0.15, 0.2) is 18.2 Å². The summed E-state index contributed by atoms with van der Waals surface area (Å²) in [6.07, 6.45) is 2.66. The van der Waals surface area contributed by atoms with Gasteiger partial charge in [-0.05, 0) is 31.9 Å². The first-order chi connectivity index (χ1) is 9.61. The summed E-state index contributed by atoms with van der Waals surface area (Å²) in [4.78, 5) is 13.1. The Hall–Kier alpha value is -1.46. The zero-order valence-corrected chi connectivity index (χ0v) is 12.3. The predicted molar refractivity (Wildman–Crippen MR) is 79.8 cm³/mol. The molecule has 1 N–H and O–H groups in total. The van der Waals surface area contributed by atoms with E-state index in [1.807, 2.05) is 12.1 Å². The van der Waals surface area contributed by atoms with E-state index in [-0.39, 0.29) is 10.6 Å². The average Bonchev–Trinajstić information content (AvgIpc) is 3.24. The second-order valence-electron chi connectivity index (χ2n) is 5.41. The van der Waals surface area contributed by atoms with Gasteiger partial charge in [-0.3, -0.25) is 15.0 Å². The highest BCUT2D eigenvalue weighted by molar-refractivity contribution is 5.42. The zero-order valence-electron chi connectivity index (χ0n) is 12.3. The standard InChI is InChI=1S/C15H23N3O2/c1-3-17(14-6-7-14)9-8-16-11-13-5-4-12(2)15(10-13)18(19)20/h4-5,10,14,16H,3,6-9,11H2,1-2H3. The van der Waals surface area contributed by atoms with Crippen LogP contribution in [0, 0.1) is 17.0 Å². The fraction of sp³-hybridized carbons (Fsp3) is 0.600. The highest BCUT2D eigenvalue weighted by Gasteiger charge is 2.26. The molecule has 1 aromatic carbocycles. The van der Waals surface area contributed by atoms with Gasteiger partial charge in [0.15, 0.2) is 0 Å². The number of aryl methyl sites for hydroxylation is 1. The average molecular weight is 277 g/mol. The quantitative estimate of drug-likeness (QED) is 0.450. The van der Waals surface area contributed by atoms with Gasteiger partial charge in [0, 0.05) is 37.3 Å². The molecule has 0 unspecified atom stereocenters. The number of likely N-dealkylation sites (N-methyl/N-ethyl adjacent to an activating group) is 1. The molecule has 20 heavy (non-hydrogen) atoms. The highest BCUT2D eigenvalue weighted by atomic mass is 16.6. The van der Waals surface area contributed by atoms with Crippen LogP contribution in [-0.4, -0.2) is 35.5 Å². The maximum atomic E-state index is 10.9. The maximum Gasteiger partial charge on any atom is 0.272 e. The molecule has 1 aliphatic rings. The summed E-state index contributed by atoms with van der Waals surface area (Å²) in [5.74, 6) is 0. The molecule has 0 aromatic heterocycles. The topological polar surface area (TPSA) is 58.4 Å². The van der Waals surface area contributed by atoms with E-state index in [4.69, 9.17) is 0 Å². The molecule has 1 saturated carbocycles. The van der Waals surface area contributed by atoms with Crippen molar-refractivity contribution in [2.45, 2.75) is 39.3 Å². The third kappa shape index (κ3) is 4.02. The molecule has 0 aliphatic heterocycles. The minimum atomic E-state index is -0.315. The van der Waals surface area contributed by atoms with Crippen molar-refractivity contribution >= 4 is 5.69 Å². The van der Waals surface area contributed by atoms with Crippen LogP contribution < -0.4 is 5.32 Å². The summed E-state index contributed by atoms with van der Waals surface area (Å²) in [6.45, 7) is 7.72. The molecule has 0 bridgehead atoms. The molecule has 5 heteroatoms. The second kappa shape index (κ2) is 6.81. The molecule has 0 amide bonds. The van der Waals surface area contributed by atoms with E-state index in [1.54, 1.807) is 13.0 Å². The Balaban J connectivity index is 1.79. The van der Waals surface area contributed by atoms with Crippen molar-refractivity contribution in [1.29, 1.82) is 0 Å². The highest BCUT2D eigenvalue weighted by Crippen LogP contribution is 2.25. The number of hydrogen-bond acceptors (Lipinski definition) is 4. The number of nitrogens with one attached hydrogen (secondary N) is 1. The Morgan fingerprint density at radius 3 is 2.80 bits per heavy atom. The lowest BCUT2D eigenvalue weighted by Gasteiger charge is -2.19. The van der Waals surface area contributed by atoms with E-state index in [1.165, 1.54) is 12.8 Å². The Morgan fingerprint density at radius 1 is 1.45 bits per heavy atom. The van der Waals surface area contributed by atoms with Crippen molar-refractivity contribution in [3.63, 3.8) is 0 Å². The minimum absolute atomic E-state index is 0.206. The first-order valence-electron chi connectivity index (χ1n) is 7.30. The molecule has 2 rings (SSSR count). The molecule has 5 nitrogen and oxygen atoms in total. The third-order valence-corrected chi connectivity index (χ3v) is 3.84. The fourth-order valence-electron chi connectivity index (χ4n) is 2.46. The Morgan fingerprint density at radius 2 is 2.20 bits per heavy atom. The molecule has 0 radical (unpaired) electrons. The number of nitrogens with zero attached hydrogens (tertiary/aromatic N) is 2. The number of hydrogen-bond donors (Lipinski definition) is 1. The van der Waals surface area contributed by atoms with Gasteiger partial charge in [-0.15, -0.1) is 0 Å². The summed E-state index contributed by atoms with van der Waals surface area (Å²) in [5, 5.41) is 14.3. The van der Waals surface area contributed by atoms with Gasteiger partial charge in [-0.25, -0.2) is 0 Å². The minimum Gasteiger partial charge on any atom is -0.311 e. The largest absolute Gasteiger partial charge is 0.311 e. The van der Waals surface area contributed by atoms with Gasteiger partial charge in [0.05, 0.1) is 4.92 Å². The normalized spacial score (nSPS) is 14.8. The lowest BCUT2D eigenvalue weighted by molar-refractivity contribution is -0.385. The van der Waals surface area contributed by atoms with Crippen LogP contribution in [0.2, 0.25) is 0 Å². The molecule has 1 fully saturated rings. The zero-order chi connectivity index (χ0) is 14.5. The lowest BCUT2D eigenvalue weighted by Crippen LogP contribution is -2.33. The van der Waals surface area contributed by atoms with E-state index in [0.717, 1.165) is 31.2 Å². The van der Waals surface area contributed by atoms with E-state index in [9.17, 15) is 10.1 Å². The molecule has 0 saturated heterocycles. The SMILES string of the molecule is CCN(CCNCc1ccc(C)c([N+](=O)[O-])c1)C1CC1. The van der Waals surface area contributed by atoms with Gasteiger partial charge in [-0.2, -0.15) is 0 Å². The van der Waals surface area contributed by atoms with Gasteiger partial charge >= 0.3 is 0 Å². The van der Waals surface area contributed by atoms with Gasteiger partial charge in [0.2, 0.25) is 0 Å². The van der Waals surface area contributed by atoms with E-state index in [0.29, 0.717) is 12.1 Å². The van der Waals surface area contributed by atoms with Crippen LogP contribution in [0.25, 0.3) is 0 Å². The first kappa shape index (κ1) is 14.9. The fourth-order valence-corrected chi connectivity index (χ4v) is 2.46. The van der Waals surface area contributed by atoms with Crippen molar-refractivity contribution in [2.75, 3.05) is 19.6 Å². The van der Waals surface area contributed by atoms with Crippen LogP contribution >= 0.6 is 0 Å². The molecule has 0 spiro atoms. The summed E-state index contributed by atoms with van der Waals surface area (Å²) in [5.41, 5.74) is 1.89. The van der Waals surface area contributed by atoms with Crippen LogP contribution in [0.3, 0.4) is 0 Å². The Labute approximate surface area is 120 Å². The van der Waals surface area contributed by atoms with Crippen molar-refractivity contribution < 1.29 is 4.92 Å². The third-order valence-electron chi connectivity index (χ3n) is 3.84. The van der Waals surface area contributed by atoms with Crippen molar-refractivity contribution in [3.05, 3.63) is 39.4 Å². The van der Waals surface area contributed by atoms with Crippen LogP contribution in [0.5, 0.6) is 0 Å². The Bertz CT molecular complexity index is 472. The first-order valence-corrected chi connectivity index (χ1v) is 7.30. The molecule has 1 aromatic rings. The van der Waals surface area contributed by atoms with E-state index in [2.05, 4.69) is 17.1 Å². The van der Waals surface area contributed by atoms with Crippen LogP contribution in [-0.2, 0) is 6.54 Å². The molecule has 1 aliphatic carbocycles. The summed E-state index contributed by atoms with van der Waals surface area (Å²) >= 11 is 0. The van der Waals surface area contributed by atoms with Crippen molar-refractivity contribution in [2.24, 2.45) is 0 Å². The predicted octanol–water partition coefficient (Wildman–Crippen LogP) is 2.48. The maximum absolute atomic E-state index is 10.9. The number of nitro groups is 1. The van der Waals surface area contributed by atoms with Crippen molar-refractivity contribution in [3.8, 4) is 0 Å². The van der Waals surface area contributed by atoms with E-state index < -0.39 is 0 Å². The van der Waals surface area contributed by atoms with Gasteiger partial charge in [0.25, 0.3) is 5.69 Å². The summed E-state index contributed by atoms with van der Waals surface area (Å²) in [7, 11) is 0. The molecule has 0 heterocycles. The molecule has 0 atom stereocenters. The molecular formula is C15H23N3O2. The van der Waals surface area contributed by atoms with Crippen molar-refractivity contribution in [1.82, 2.24) is 10.2 Å². The molecule has 110 valence electrons. The van der Waals surface area contributed by atoms with Crippen LogP contribution in [0.1, 0.15) is 30.9 Å². The number of nitro benzene ring substituents is 1. The molecular weight excluding hydrogens is 254 g/mol.